The summed E-state index contributed by atoms with van der Waals surface area (Å²) in [6.45, 7) is 4.21. The van der Waals surface area contributed by atoms with Gasteiger partial charge in [-0.1, -0.05) is 44.2 Å². The van der Waals surface area contributed by atoms with Crippen LogP contribution in [0.5, 0.6) is 0 Å². The maximum Gasteiger partial charge on any atom is 0.281 e. The van der Waals surface area contributed by atoms with Crippen LogP contribution < -0.4 is 10.2 Å². The van der Waals surface area contributed by atoms with Crippen molar-refractivity contribution in [2.45, 2.75) is 19.8 Å². The Hall–Kier alpha value is -3.32. The monoisotopic (exact) mass is 393 g/mol. The Bertz CT molecular complexity index is 994. The van der Waals surface area contributed by atoms with Crippen molar-refractivity contribution in [2.75, 3.05) is 4.90 Å². The number of hydrogen-bond donors (Lipinski definition) is 1. The van der Waals surface area contributed by atoms with Crippen LogP contribution in [0.1, 0.15) is 30.9 Å². The molecule has 0 aromatic heterocycles. The summed E-state index contributed by atoms with van der Waals surface area (Å²) < 4.78 is 0. The zero-order valence-electron chi connectivity index (χ0n) is 15.5. The van der Waals surface area contributed by atoms with Crippen molar-refractivity contribution in [2.24, 2.45) is 0 Å². The van der Waals surface area contributed by atoms with E-state index in [1.54, 1.807) is 36.4 Å². The topological polar surface area (TPSA) is 75.5 Å². The highest BCUT2D eigenvalue weighted by Crippen LogP contribution is 2.24. The van der Waals surface area contributed by atoms with Crippen LogP contribution in [0.25, 0.3) is 6.08 Å². The summed E-state index contributed by atoms with van der Waals surface area (Å²) in [5.41, 5.74) is 2.65. The average molecular weight is 393 g/mol. The lowest BCUT2D eigenvalue weighted by Gasteiger charge is -2.15. The zero-order chi connectivity index (χ0) is 20.3. The SMILES string of the molecule is CC(C)c1ccc(N2C(=O)/C(=C\C=C\c3ccccc3[N+](=O)[O-])NC2=S)cc1. The van der Waals surface area contributed by atoms with Gasteiger partial charge in [0.1, 0.15) is 5.70 Å². The molecule has 1 N–H and O–H groups in total. The molecular formula is C21H19N3O3S. The fourth-order valence-electron chi connectivity index (χ4n) is 2.84. The second-order valence-corrected chi connectivity index (χ2v) is 6.96. The summed E-state index contributed by atoms with van der Waals surface area (Å²) in [5, 5.41) is 14.3. The quantitative estimate of drug-likeness (QED) is 0.349. The molecule has 0 radical (unpaired) electrons. The number of hydrogen-bond acceptors (Lipinski definition) is 4. The Kier molecular flexibility index (Phi) is 5.65. The number of para-hydroxylation sites is 1. The van der Waals surface area contributed by atoms with Gasteiger partial charge in [-0.15, -0.1) is 0 Å². The summed E-state index contributed by atoms with van der Waals surface area (Å²) in [5.74, 6) is 0.130. The number of nitro groups is 1. The van der Waals surface area contributed by atoms with Gasteiger partial charge in [0.2, 0.25) is 0 Å². The van der Waals surface area contributed by atoms with Crippen LogP contribution >= 0.6 is 12.2 Å². The number of nitrogens with zero attached hydrogens (tertiary/aromatic N) is 2. The number of nitro benzene ring substituents is 1. The van der Waals surface area contributed by atoms with Crippen molar-refractivity contribution in [1.29, 1.82) is 0 Å². The first kappa shape index (κ1) is 19.4. The largest absolute Gasteiger partial charge is 0.327 e. The summed E-state index contributed by atoms with van der Waals surface area (Å²) in [6, 6.07) is 14.1. The fourth-order valence-corrected chi connectivity index (χ4v) is 3.13. The van der Waals surface area contributed by atoms with Gasteiger partial charge in [0.25, 0.3) is 11.6 Å². The van der Waals surface area contributed by atoms with Crippen LogP contribution in [-0.2, 0) is 4.79 Å². The van der Waals surface area contributed by atoms with Crippen molar-refractivity contribution < 1.29 is 9.72 Å². The number of amides is 1. The standard InChI is InChI=1S/C21H19N3O3S/c1-14(2)15-10-12-17(13-11-15)23-20(25)18(22-21(23)28)8-5-7-16-6-3-4-9-19(16)24(26)27/h3-14H,1-2H3,(H,22,28)/b7-5+,18-8+. The summed E-state index contributed by atoms with van der Waals surface area (Å²) in [6.07, 6.45) is 4.74. The van der Waals surface area contributed by atoms with Crippen molar-refractivity contribution in [1.82, 2.24) is 5.32 Å². The van der Waals surface area contributed by atoms with E-state index in [0.29, 0.717) is 28.0 Å². The molecule has 2 aromatic carbocycles. The molecule has 0 atom stereocenters. The molecule has 0 saturated carbocycles. The zero-order valence-corrected chi connectivity index (χ0v) is 16.3. The Morgan fingerprint density at radius 1 is 1.14 bits per heavy atom. The molecule has 0 spiro atoms. The van der Waals surface area contributed by atoms with Crippen LogP contribution in [-0.4, -0.2) is 15.9 Å². The lowest BCUT2D eigenvalue weighted by atomic mass is 10.0. The molecule has 2 aromatic rings. The second kappa shape index (κ2) is 8.14. The molecule has 0 aliphatic carbocycles. The third-order valence-electron chi connectivity index (χ3n) is 4.37. The molecule has 1 fully saturated rings. The van der Waals surface area contributed by atoms with E-state index in [4.69, 9.17) is 12.2 Å². The highest BCUT2D eigenvalue weighted by Gasteiger charge is 2.31. The van der Waals surface area contributed by atoms with E-state index in [9.17, 15) is 14.9 Å². The van der Waals surface area contributed by atoms with Gasteiger partial charge in [-0.2, -0.15) is 0 Å². The first-order valence-electron chi connectivity index (χ1n) is 8.75. The lowest BCUT2D eigenvalue weighted by molar-refractivity contribution is -0.385. The minimum Gasteiger partial charge on any atom is -0.327 e. The van der Waals surface area contributed by atoms with E-state index in [-0.39, 0.29) is 11.6 Å². The molecule has 1 aliphatic heterocycles. The third-order valence-corrected chi connectivity index (χ3v) is 4.65. The lowest BCUT2D eigenvalue weighted by Crippen LogP contribution is -2.30. The van der Waals surface area contributed by atoms with Gasteiger partial charge in [-0.25, -0.2) is 0 Å². The van der Waals surface area contributed by atoms with Crippen LogP contribution in [0.15, 0.2) is 66.4 Å². The molecule has 1 amide bonds. The number of anilines is 1. The van der Waals surface area contributed by atoms with E-state index >= 15 is 0 Å². The van der Waals surface area contributed by atoms with Gasteiger partial charge in [0, 0.05) is 6.07 Å². The minimum atomic E-state index is -0.441. The molecular weight excluding hydrogens is 374 g/mol. The van der Waals surface area contributed by atoms with Gasteiger partial charge in [-0.05, 0) is 54.1 Å². The maximum absolute atomic E-state index is 12.7. The van der Waals surface area contributed by atoms with Gasteiger partial charge in [0.05, 0.1) is 16.2 Å². The normalized spacial score (nSPS) is 15.7. The van der Waals surface area contributed by atoms with Crippen molar-refractivity contribution in [3.63, 3.8) is 0 Å². The Balaban J connectivity index is 1.81. The van der Waals surface area contributed by atoms with Crippen molar-refractivity contribution in [3.05, 3.63) is 87.6 Å². The third kappa shape index (κ3) is 3.99. The first-order valence-corrected chi connectivity index (χ1v) is 9.16. The van der Waals surface area contributed by atoms with Crippen LogP contribution in [0.4, 0.5) is 11.4 Å². The fraction of sp³-hybridized carbons (Fsp3) is 0.143. The van der Waals surface area contributed by atoms with Gasteiger partial charge in [-0.3, -0.25) is 19.8 Å². The molecule has 142 valence electrons. The molecule has 28 heavy (non-hydrogen) atoms. The first-order chi connectivity index (χ1) is 13.4. The molecule has 1 aliphatic rings. The number of rotatable bonds is 5. The highest BCUT2D eigenvalue weighted by atomic mass is 32.1. The predicted octanol–water partition coefficient (Wildman–Crippen LogP) is 4.54. The Morgan fingerprint density at radius 3 is 2.46 bits per heavy atom. The second-order valence-electron chi connectivity index (χ2n) is 6.57. The van der Waals surface area contributed by atoms with Crippen LogP contribution in [0.3, 0.4) is 0 Å². The number of thiocarbonyl (C=S) groups is 1. The van der Waals surface area contributed by atoms with E-state index in [1.807, 2.05) is 24.3 Å². The Morgan fingerprint density at radius 2 is 1.82 bits per heavy atom. The molecule has 3 rings (SSSR count). The average Bonchev–Trinajstić information content (AvgIpc) is 2.95. The predicted molar refractivity (Wildman–Crippen MR) is 114 cm³/mol. The van der Waals surface area contributed by atoms with Gasteiger partial charge < -0.3 is 5.32 Å². The maximum atomic E-state index is 12.7. The smallest absolute Gasteiger partial charge is 0.281 e. The van der Waals surface area contributed by atoms with Gasteiger partial charge >= 0.3 is 0 Å². The molecule has 6 nitrogen and oxygen atoms in total. The summed E-state index contributed by atoms with van der Waals surface area (Å²) >= 11 is 5.30. The minimum absolute atomic E-state index is 0.00486. The van der Waals surface area contributed by atoms with E-state index in [2.05, 4.69) is 19.2 Å². The Labute approximate surface area is 168 Å². The number of nitrogens with one attached hydrogen (secondary N) is 1. The number of carbonyl (C=O) groups is 1. The van der Waals surface area contributed by atoms with Crippen LogP contribution in [0.2, 0.25) is 0 Å². The highest BCUT2D eigenvalue weighted by molar-refractivity contribution is 7.80. The number of allylic oxidation sites excluding steroid dienone is 2. The summed E-state index contributed by atoms with van der Waals surface area (Å²) in [7, 11) is 0. The number of benzene rings is 2. The molecule has 7 heteroatoms. The van der Waals surface area contributed by atoms with Crippen molar-refractivity contribution >= 4 is 40.7 Å². The van der Waals surface area contributed by atoms with E-state index < -0.39 is 4.92 Å². The summed E-state index contributed by atoms with van der Waals surface area (Å²) in [4.78, 5) is 24.8. The molecule has 0 unspecified atom stereocenters. The van der Waals surface area contributed by atoms with Crippen LogP contribution in [0, 0.1) is 10.1 Å². The molecule has 0 bridgehead atoms. The number of carbonyl (C=O) groups excluding carboxylic acids is 1. The molecule has 1 saturated heterocycles. The molecule has 1 heterocycles. The van der Waals surface area contributed by atoms with E-state index in [0.717, 1.165) is 0 Å². The van der Waals surface area contributed by atoms with E-state index in [1.165, 1.54) is 16.5 Å². The van der Waals surface area contributed by atoms with Gasteiger partial charge in [0.15, 0.2) is 5.11 Å². The van der Waals surface area contributed by atoms with Crippen molar-refractivity contribution in [3.8, 4) is 0 Å².